The van der Waals surface area contributed by atoms with Gasteiger partial charge in [0, 0.05) is 36.6 Å². The zero-order valence-corrected chi connectivity index (χ0v) is 19.8. The Balaban J connectivity index is 1.46. The zero-order chi connectivity index (χ0) is 25.5. The standard InChI is InChI=1S/C27H24N4O5/c1-30-16-6-9-23(30)27(34)28-24(32)18-36-25(33)15-12-20-17-31(21-7-4-3-5-8-21)29-26(20)19-10-13-22(35-2)14-11-19/h3-17H,18H2,1-2H3,(H,28,32,34)/b15-12+. The highest BCUT2D eigenvalue weighted by Gasteiger charge is 2.15. The molecule has 0 radical (unpaired) electrons. The maximum absolute atomic E-state index is 12.3. The number of benzene rings is 2. The molecule has 2 amide bonds. The molecule has 0 fully saturated rings. The number of aryl methyl sites for hydroxylation is 1. The van der Waals surface area contributed by atoms with Crippen molar-refractivity contribution >= 4 is 23.9 Å². The number of ether oxygens (including phenoxy) is 2. The number of amides is 2. The fraction of sp³-hybridized carbons (Fsp3) is 0.111. The molecule has 2 heterocycles. The molecule has 0 aliphatic carbocycles. The number of esters is 1. The first-order valence-electron chi connectivity index (χ1n) is 11.0. The van der Waals surface area contributed by atoms with E-state index in [-0.39, 0.29) is 0 Å². The molecule has 0 bridgehead atoms. The normalized spacial score (nSPS) is 10.8. The van der Waals surface area contributed by atoms with Gasteiger partial charge in [-0.3, -0.25) is 14.9 Å². The molecular formula is C27H24N4O5. The van der Waals surface area contributed by atoms with Gasteiger partial charge in [-0.15, -0.1) is 0 Å². The Morgan fingerprint density at radius 3 is 2.42 bits per heavy atom. The molecule has 0 aliphatic rings. The molecule has 36 heavy (non-hydrogen) atoms. The van der Waals surface area contributed by atoms with Crippen LogP contribution in [0.5, 0.6) is 5.75 Å². The minimum absolute atomic E-state index is 0.316. The predicted molar refractivity (Wildman–Crippen MR) is 133 cm³/mol. The van der Waals surface area contributed by atoms with Gasteiger partial charge in [0.05, 0.1) is 18.5 Å². The highest BCUT2D eigenvalue weighted by molar-refractivity contribution is 6.04. The molecule has 4 rings (SSSR count). The van der Waals surface area contributed by atoms with Gasteiger partial charge in [-0.05, 0) is 54.6 Å². The minimum atomic E-state index is -0.732. The van der Waals surface area contributed by atoms with Crippen LogP contribution in [0.15, 0.2) is 85.2 Å². The van der Waals surface area contributed by atoms with E-state index in [2.05, 4.69) is 5.32 Å². The lowest BCUT2D eigenvalue weighted by Gasteiger charge is -2.05. The van der Waals surface area contributed by atoms with Gasteiger partial charge in [-0.1, -0.05) is 18.2 Å². The average Bonchev–Trinajstić information content (AvgIpc) is 3.53. The summed E-state index contributed by atoms with van der Waals surface area (Å²) in [5, 5.41) is 6.88. The zero-order valence-electron chi connectivity index (χ0n) is 19.8. The van der Waals surface area contributed by atoms with Crippen molar-refractivity contribution in [3.63, 3.8) is 0 Å². The van der Waals surface area contributed by atoms with Crippen molar-refractivity contribution in [2.75, 3.05) is 13.7 Å². The van der Waals surface area contributed by atoms with Crippen molar-refractivity contribution in [3.05, 3.63) is 96.5 Å². The lowest BCUT2D eigenvalue weighted by Crippen LogP contribution is -2.34. The van der Waals surface area contributed by atoms with Gasteiger partial charge in [0.1, 0.15) is 11.4 Å². The number of nitrogens with zero attached hydrogens (tertiary/aromatic N) is 3. The first-order valence-corrected chi connectivity index (χ1v) is 11.0. The summed E-state index contributed by atoms with van der Waals surface area (Å²) in [6.07, 6.45) is 6.27. The smallest absolute Gasteiger partial charge is 0.331 e. The SMILES string of the molecule is COc1ccc(-c2nn(-c3ccccc3)cc2/C=C/C(=O)OCC(=O)NC(=O)c2cccn2C)cc1. The maximum Gasteiger partial charge on any atom is 0.331 e. The molecule has 9 heteroatoms. The summed E-state index contributed by atoms with van der Waals surface area (Å²) in [6, 6.07) is 20.2. The van der Waals surface area contributed by atoms with Crippen LogP contribution in [0.3, 0.4) is 0 Å². The van der Waals surface area contributed by atoms with Crippen molar-refractivity contribution in [2.24, 2.45) is 7.05 Å². The Hall–Kier alpha value is -4.92. The van der Waals surface area contributed by atoms with Crippen LogP contribution >= 0.6 is 0 Å². The number of carbonyl (C=O) groups excluding carboxylic acids is 3. The van der Waals surface area contributed by atoms with Crippen LogP contribution in [-0.4, -0.2) is 45.8 Å². The fourth-order valence-corrected chi connectivity index (χ4v) is 3.46. The minimum Gasteiger partial charge on any atom is -0.497 e. The quantitative estimate of drug-likeness (QED) is 0.304. The van der Waals surface area contributed by atoms with Crippen LogP contribution in [0.2, 0.25) is 0 Å². The molecule has 0 unspecified atom stereocenters. The second-order valence-electron chi connectivity index (χ2n) is 7.76. The fourth-order valence-electron chi connectivity index (χ4n) is 3.46. The molecular weight excluding hydrogens is 460 g/mol. The number of methoxy groups -OCH3 is 1. The first-order chi connectivity index (χ1) is 17.4. The van der Waals surface area contributed by atoms with E-state index in [1.54, 1.807) is 54.0 Å². The van der Waals surface area contributed by atoms with Crippen LogP contribution in [0, 0.1) is 0 Å². The van der Waals surface area contributed by atoms with Gasteiger partial charge in [-0.2, -0.15) is 5.10 Å². The average molecular weight is 485 g/mol. The van der Waals surface area contributed by atoms with E-state index in [9.17, 15) is 14.4 Å². The second kappa shape index (κ2) is 11.0. The van der Waals surface area contributed by atoms with Gasteiger partial charge >= 0.3 is 5.97 Å². The molecule has 0 atom stereocenters. The van der Waals surface area contributed by atoms with Gasteiger partial charge in [0.2, 0.25) is 0 Å². The number of nitrogens with one attached hydrogen (secondary N) is 1. The molecule has 2 aromatic heterocycles. The van der Waals surface area contributed by atoms with Crippen LogP contribution in [0.25, 0.3) is 23.0 Å². The summed E-state index contributed by atoms with van der Waals surface area (Å²) in [5.41, 5.74) is 3.32. The predicted octanol–water partition coefficient (Wildman–Crippen LogP) is 3.40. The highest BCUT2D eigenvalue weighted by Crippen LogP contribution is 2.26. The van der Waals surface area contributed by atoms with Crippen LogP contribution < -0.4 is 10.1 Å². The summed E-state index contributed by atoms with van der Waals surface area (Å²) in [4.78, 5) is 36.4. The number of para-hydroxylation sites is 1. The summed E-state index contributed by atoms with van der Waals surface area (Å²) >= 11 is 0. The van der Waals surface area contributed by atoms with Crippen LogP contribution in [-0.2, 0) is 21.4 Å². The lowest BCUT2D eigenvalue weighted by molar-refractivity contribution is -0.143. The van der Waals surface area contributed by atoms with E-state index in [4.69, 9.17) is 14.6 Å². The number of hydrogen-bond donors (Lipinski definition) is 1. The Morgan fingerprint density at radius 1 is 1.00 bits per heavy atom. The molecule has 182 valence electrons. The summed E-state index contributed by atoms with van der Waals surface area (Å²) < 4.78 is 13.5. The third kappa shape index (κ3) is 5.76. The maximum atomic E-state index is 12.3. The Labute approximate surface area is 207 Å². The lowest BCUT2D eigenvalue weighted by atomic mass is 10.1. The Bertz CT molecular complexity index is 1400. The summed E-state index contributed by atoms with van der Waals surface area (Å²) in [6.45, 7) is -0.589. The van der Waals surface area contributed by atoms with E-state index in [0.29, 0.717) is 22.7 Å². The molecule has 0 spiro atoms. The van der Waals surface area contributed by atoms with Crippen molar-refractivity contribution in [1.82, 2.24) is 19.7 Å². The molecule has 0 aliphatic heterocycles. The molecule has 9 nitrogen and oxygen atoms in total. The Morgan fingerprint density at radius 2 is 1.75 bits per heavy atom. The van der Waals surface area contributed by atoms with Crippen molar-refractivity contribution in [1.29, 1.82) is 0 Å². The number of imide groups is 1. The van der Waals surface area contributed by atoms with Crippen LogP contribution in [0.1, 0.15) is 16.1 Å². The molecule has 0 saturated carbocycles. The first kappa shape index (κ1) is 24.2. The summed E-state index contributed by atoms with van der Waals surface area (Å²) in [5.74, 6) is -1.31. The van der Waals surface area contributed by atoms with E-state index >= 15 is 0 Å². The van der Waals surface area contributed by atoms with Gasteiger partial charge < -0.3 is 14.0 Å². The highest BCUT2D eigenvalue weighted by atomic mass is 16.5. The topological polar surface area (TPSA) is 104 Å². The summed E-state index contributed by atoms with van der Waals surface area (Å²) in [7, 11) is 3.28. The van der Waals surface area contributed by atoms with E-state index in [0.717, 1.165) is 11.3 Å². The third-order valence-corrected chi connectivity index (χ3v) is 5.30. The van der Waals surface area contributed by atoms with Crippen molar-refractivity contribution in [2.45, 2.75) is 0 Å². The van der Waals surface area contributed by atoms with E-state index in [1.165, 1.54) is 6.08 Å². The molecule has 4 aromatic rings. The van der Waals surface area contributed by atoms with Crippen molar-refractivity contribution in [3.8, 4) is 22.7 Å². The molecule has 1 N–H and O–H groups in total. The molecule has 0 saturated heterocycles. The van der Waals surface area contributed by atoms with Crippen molar-refractivity contribution < 1.29 is 23.9 Å². The van der Waals surface area contributed by atoms with E-state index < -0.39 is 24.4 Å². The third-order valence-electron chi connectivity index (χ3n) is 5.30. The molecule has 2 aromatic carbocycles. The van der Waals surface area contributed by atoms with Crippen LogP contribution in [0.4, 0.5) is 0 Å². The van der Waals surface area contributed by atoms with E-state index in [1.807, 2.05) is 54.6 Å². The largest absolute Gasteiger partial charge is 0.497 e. The van der Waals surface area contributed by atoms with Gasteiger partial charge in [0.15, 0.2) is 6.61 Å². The van der Waals surface area contributed by atoms with Gasteiger partial charge in [-0.25, -0.2) is 9.48 Å². The second-order valence-corrected chi connectivity index (χ2v) is 7.76. The monoisotopic (exact) mass is 484 g/mol. The Kier molecular flexibility index (Phi) is 7.40. The number of carbonyl (C=O) groups is 3. The number of rotatable bonds is 8. The number of aromatic nitrogens is 3. The number of hydrogen-bond acceptors (Lipinski definition) is 6. The van der Waals surface area contributed by atoms with Gasteiger partial charge in [0.25, 0.3) is 11.8 Å².